The highest BCUT2D eigenvalue weighted by atomic mass is 19.4. The number of ether oxygens (including phenoxy) is 1. The number of carbonyl (C=O) groups is 1. The largest absolute Gasteiger partial charge is 0.416 e. The molecule has 0 spiro atoms. The number of aromatic nitrogens is 5. The standard InChI is InChI=1S/C21H27F3N6O2/c1-6-13-9-14-17(25-10-13)29-18(27-14)15(11-32-20(4,5)21(22,23)24)28-19(31)16-7-8-26-30(16)12(2)3/h7-10,12,15H,6,11H2,1-5H3,(H,28,31)(H,25,27,29). The van der Waals surface area contributed by atoms with Crippen molar-refractivity contribution in [2.45, 2.75) is 64.9 Å². The smallest absolute Gasteiger partial charge is 0.364 e. The van der Waals surface area contributed by atoms with Crippen LogP contribution in [0, 0.1) is 0 Å². The maximum atomic E-state index is 13.3. The summed E-state index contributed by atoms with van der Waals surface area (Å²) in [6.07, 6.45) is -0.640. The van der Waals surface area contributed by atoms with Gasteiger partial charge in [0.2, 0.25) is 0 Å². The molecule has 0 aliphatic carbocycles. The maximum absolute atomic E-state index is 13.3. The summed E-state index contributed by atoms with van der Waals surface area (Å²) in [6.45, 7) is 7.14. The fraction of sp³-hybridized carbons (Fsp3) is 0.524. The van der Waals surface area contributed by atoms with Gasteiger partial charge in [0.15, 0.2) is 11.2 Å². The Morgan fingerprint density at radius 1 is 1.31 bits per heavy atom. The first-order chi connectivity index (χ1) is 14.9. The summed E-state index contributed by atoms with van der Waals surface area (Å²) in [5, 5.41) is 6.86. The summed E-state index contributed by atoms with van der Waals surface area (Å²) in [6, 6.07) is 2.36. The van der Waals surface area contributed by atoms with Gasteiger partial charge in [-0.2, -0.15) is 18.3 Å². The monoisotopic (exact) mass is 452 g/mol. The van der Waals surface area contributed by atoms with Crippen molar-refractivity contribution in [3.63, 3.8) is 0 Å². The molecule has 1 atom stereocenters. The van der Waals surface area contributed by atoms with Gasteiger partial charge in [-0.1, -0.05) is 6.92 Å². The Bertz CT molecular complexity index is 1090. The lowest BCUT2D eigenvalue weighted by Gasteiger charge is -2.30. The first kappa shape index (κ1) is 23.7. The summed E-state index contributed by atoms with van der Waals surface area (Å²) in [5.74, 6) is -0.250. The molecule has 8 nitrogen and oxygen atoms in total. The molecular weight excluding hydrogens is 425 g/mol. The molecule has 0 bridgehead atoms. The predicted octanol–water partition coefficient (Wildman–Crippen LogP) is 4.13. The first-order valence-corrected chi connectivity index (χ1v) is 10.3. The summed E-state index contributed by atoms with van der Waals surface area (Å²) < 4.78 is 46.7. The van der Waals surface area contributed by atoms with Crippen LogP contribution in [-0.4, -0.2) is 49.0 Å². The second-order valence-corrected chi connectivity index (χ2v) is 8.29. The Morgan fingerprint density at radius 3 is 2.66 bits per heavy atom. The highest BCUT2D eigenvalue weighted by Gasteiger charge is 2.49. The molecule has 0 aliphatic heterocycles. The van der Waals surface area contributed by atoms with E-state index in [1.807, 2.05) is 26.8 Å². The van der Waals surface area contributed by atoms with Crippen LogP contribution in [0.15, 0.2) is 24.5 Å². The molecule has 3 rings (SSSR count). The van der Waals surface area contributed by atoms with E-state index in [2.05, 4.69) is 25.4 Å². The highest BCUT2D eigenvalue weighted by molar-refractivity contribution is 5.92. The van der Waals surface area contributed by atoms with E-state index in [0.717, 1.165) is 25.8 Å². The van der Waals surface area contributed by atoms with Gasteiger partial charge in [-0.25, -0.2) is 9.97 Å². The van der Waals surface area contributed by atoms with E-state index in [-0.39, 0.29) is 17.6 Å². The molecule has 1 amide bonds. The maximum Gasteiger partial charge on any atom is 0.416 e. The Kier molecular flexibility index (Phi) is 6.59. The van der Waals surface area contributed by atoms with Crippen LogP contribution in [0.5, 0.6) is 0 Å². The van der Waals surface area contributed by atoms with Crippen molar-refractivity contribution in [2.24, 2.45) is 0 Å². The zero-order chi connectivity index (χ0) is 23.7. The number of amides is 1. The highest BCUT2D eigenvalue weighted by Crippen LogP contribution is 2.33. The van der Waals surface area contributed by atoms with Crippen LogP contribution in [0.3, 0.4) is 0 Å². The summed E-state index contributed by atoms with van der Waals surface area (Å²) in [7, 11) is 0. The normalized spacial score (nSPS) is 13.7. The lowest BCUT2D eigenvalue weighted by molar-refractivity contribution is -0.265. The molecule has 0 aliphatic rings. The van der Waals surface area contributed by atoms with Gasteiger partial charge in [0.1, 0.15) is 17.6 Å². The van der Waals surface area contributed by atoms with Crippen LogP contribution < -0.4 is 5.32 Å². The molecule has 0 saturated heterocycles. The second-order valence-electron chi connectivity index (χ2n) is 8.29. The van der Waals surface area contributed by atoms with E-state index in [0.29, 0.717) is 11.2 Å². The summed E-state index contributed by atoms with van der Waals surface area (Å²) in [5.41, 5.74) is -0.124. The Balaban J connectivity index is 1.92. The van der Waals surface area contributed by atoms with Crippen LogP contribution >= 0.6 is 0 Å². The molecule has 0 saturated carbocycles. The number of hydrogen-bond donors (Lipinski definition) is 2. The number of hydrogen-bond acceptors (Lipinski definition) is 5. The van der Waals surface area contributed by atoms with Gasteiger partial charge in [-0.3, -0.25) is 9.48 Å². The molecule has 1 unspecified atom stereocenters. The number of halogens is 3. The number of aromatic amines is 1. The lowest BCUT2D eigenvalue weighted by atomic mass is 10.1. The van der Waals surface area contributed by atoms with E-state index in [4.69, 9.17) is 4.74 Å². The van der Waals surface area contributed by atoms with Gasteiger partial charge < -0.3 is 15.0 Å². The minimum atomic E-state index is -4.58. The Morgan fingerprint density at radius 2 is 2.03 bits per heavy atom. The fourth-order valence-corrected chi connectivity index (χ4v) is 3.02. The number of carbonyl (C=O) groups excluding carboxylic acids is 1. The summed E-state index contributed by atoms with van der Waals surface area (Å²) in [4.78, 5) is 24.7. The van der Waals surface area contributed by atoms with Gasteiger partial charge in [-0.15, -0.1) is 0 Å². The zero-order valence-electron chi connectivity index (χ0n) is 18.6. The number of imidazole rings is 1. The molecule has 3 aromatic rings. The number of pyridine rings is 1. The molecule has 3 aromatic heterocycles. The van der Waals surface area contributed by atoms with Gasteiger partial charge in [0.25, 0.3) is 5.91 Å². The van der Waals surface area contributed by atoms with Crippen molar-refractivity contribution in [2.75, 3.05) is 6.61 Å². The van der Waals surface area contributed by atoms with Crippen LogP contribution in [0.25, 0.3) is 11.2 Å². The fourth-order valence-electron chi connectivity index (χ4n) is 3.02. The van der Waals surface area contributed by atoms with Crippen molar-refractivity contribution in [3.8, 4) is 0 Å². The lowest BCUT2D eigenvalue weighted by Crippen LogP contribution is -2.44. The number of fused-ring (bicyclic) bond motifs is 1. The molecule has 0 fully saturated rings. The molecular formula is C21H27F3N6O2. The molecule has 32 heavy (non-hydrogen) atoms. The van der Waals surface area contributed by atoms with Crippen LogP contribution in [0.2, 0.25) is 0 Å². The van der Waals surface area contributed by atoms with Crippen molar-refractivity contribution >= 4 is 17.1 Å². The number of nitrogens with one attached hydrogen (secondary N) is 2. The van der Waals surface area contributed by atoms with Crippen molar-refractivity contribution < 1.29 is 22.7 Å². The average Bonchev–Trinajstić information content (AvgIpc) is 3.36. The van der Waals surface area contributed by atoms with Gasteiger partial charge in [0.05, 0.1) is 12.1 Å². The minimum absolute atomic E-state index is 0.0764. The topological polar surface area (TPSA) is 97.7 Å². The average molecular weight is 452 g/mol. The van der Waals surface area contributed by atoms with E-state index in [9.17, 15) is 18.0 Å². The summed E-state index contributed by atoms with van der Waals surface area (Å²) >= 11 is 0. The van der Waals surface area contributed by atoms with Crippen molar-refractivity contribution in [1.82, 2.24) is 30.0 Å². The Labute approximate surface area is 183 Å². The number of rotatable bonds is 8. The van der Waals surface area contributed by atoms with Crippen molar-refractivity contribution in [3.05, 3.63) is 41.6 Å². The third-order valence-corrected chi connectivity index (χ3v) is 5.14. The van der Waals surface area contributed by atoms with Gasteiger partial charge in [-0.05, 0) is 51.8 Å². The first-order valence-electron chi connectivity index (χ1n) is 10.3. The molecule has 0 radical (unpaired) electrons. The zero-order valence-corrected chi connectivity index (χ0v) is 18.6. The second kappa shape index (κ2) is 8.89. The third-order valence-electron chi connectivity index (χ3n) is 5.14. The number of aryl methyl sites for hydroxylation is 1. The van der Waals surface area contributed by atoms with E-state index < -0.39 is 30.3 Å². The van der Waals surface area contributed by atoms with Gasteiger partial charge in [0, 0.05) is 18.4 Å². The van der Waals surface area contributed by atoms with Crippen LogP contribution in [-0.2, 0) is 11.2 Å². The van der Waals surface area contributed by atoms with E-state index >= 15 is 0 Å². The van der Waals surface area contributed by atoms with Crippen LogP contribution in [0.1, 0.15) is 68.6 Å². The molecule has 174 valence electrons. The quantitative estimate of drug-likeness (QED) is 0.536. The molecule has 2 N–H and O–H groups in total. The van der Waals surface area contributed by atoms with Crippen LogP contribution in [0.4, 0.5) is 13.2 Å². The third kappa shape index (κ3) is 4.93. The SMILES string of the molecule is CCc1cnc2nc(C(COC(C)(C)C(F)(F)F)NC(=O)c3ccnn3C(C)C)[nH]c2c1. The van der Waals surface area contributed by atoms with Crippen molar-refractivity contribution in [1.29, 1.82) is 0 Å². The molecule has 3 heterocycles. The number of nitrogens with zero attached hydrogens (tertiary/aromatic N) is 4. The minimum Gasteiger partial charge on any atom is -0.364 e. The van der Waals surface area contributed by atoms with Gasteiger partial charge >= 0.3 is 6.18 Å². The predicted molar refractivity (Wildman–Crippen MR) is 112 cm³/mol. The van der Waals surface area contributed by atoms with E-state index in [1.165, 1.54) is 10.9 Å². The molecule has 11 heteroatoms. The Hall–Kier alpha value is -2.95. The molecule has 0 aromatic carbocycles. The number of alkyl halides is 3. The number of H-pyrrole nitrogens is 1. The van der Waals surface area contributed by atoms with E-state index in [1.54, 1.807) is 12.3 Å².